The zero-order valence-corrected chi connectivity index (χ0v) is 27.9. The van der Waals surface area contributed by atoms with E-state index in [0.29, 0.717) is 11.4 Å². The minimum absolute atomic E-state index is 0.0222. The zero-order valence-electron chi connectivity index (χ0n) is 24.0. The van der Waals surface area contributed by atoms with Gasteiger partial charge in [-0.2, -0.15) is 0 Å². The first-order valence-corrected chi connectivity index (χ1v) is 17.7. The molecule has 1 atom stereocenters. The van der Waals surface area contributed by atoms with Crippen molar-refractivity contribution in [1.82, 2.24) is 10.2 Å². The number of hydrogen-bond acceptors (Lipinski definition) is 4. The highest BCUT2D eigenvalue weighted by atomic mass is 79.9. The van der Waals surface area contributed by atoms with Crippen LogP contribution in [0.15, 0.2) is 77.3 Å². The molecule has 4 rings (SSSR count). The molecular weight excluding hydrogens is 673 g/mol. The molecule has 0 bridgehead atoms. The fraction of sp³-hybridized carbons (Fsp3) is 0.375. The van der Waals surface area contributed by atoms with E-state index in [0.717, 1.165) is 47.5 Å². The maximum Gasteiger partial charge on any atom is 0.243 e. The van der Waals surface area contributed by atoms with Crippen LogP contribution in [0.1, 0.15) is 49.7 Å². The van der Waals surface area contributed by atoms with Crippen molar-refractivity contribution >= 4 is 66.7 Å². The lowest BCUT2D eigenvalue weighted by atomic mass is 10.0. The van der Waals surface area contributed by atoms with Crippen LogP contribution in [0.5, 0.6) is 0 Å². The topological polar surface area (TPSA) is 86.8 Å². The SMILES string of the molecule is CS(=O)(=O)N(CCCC(=O)N(Cc1ccc(Br)cc1)C(Cc1ccccc1)C(=O)NC1CCCC1)c1cc(Cl)ccc1Cl. The monoisotopic (exact) mass is 707 g/mol. The van der Waals surface area contributed by atoms with E-state index >= 15 is 0 Å². The number of carbonyl (C=O) groups excluding carboxylic acids is 2. The Hall–Kier alpha value is -2.59. The summed E-state index contributed by atoms with van der Waals surface area (Å²) in [7, 11) is -3.72. The van der Waals surface area contributed by atoms with Gasteiger partial charge in [0.1, 0.15) is 6.04 Å². The van der Waals surface area contributed by atoms with E-state index in [1.54, 1.807) is 17.0 Å². The summed E-state index contributed by atoms with van der Waals surface area (Å²) in [5, 5.41) is 3.79. The summed E-state index contributed by atoms with van der Waals surface area (Å²) >= 11 is 15.9. The Morgan fingerprint density at radius 2 is 1.65 bits per heavy atom. The van der Waals surface area contributed by atoms with Gasteiger partial charge in [-0.3, -0.25) is 13.9 Å². The number of amides is 2. The van der Waals surface area contributed by atoms with Crippen LogP contribution in [0.25, 0.3) is 0 Å². The summed E-state index contributed by atoms with van der Waals surface area (Å²) < 4.78 is 27.5. The molecule has 1 saturated carbocycles. The first-order chi connectivity index (χ1) is 20.5. The fourth-order valence-corrected chi connectivity index (χ4v) is 7.04. The largest absolute Gasteiger partial charge is 0.352 e. The van der Waals surface area contributed by atoms with Crippen LogP contribution in [-0.4, -0.2) is 50.0 Å². The summed E-state index contributed by atoms with van der Waals surface area (Å²) in [6.45, 7) is 0.256. The summed E-state index contributed by atoms with van der Waals surface area (Å²) in [5.41, 5.74) is 2.09. The van der Waals surface area contributed by atoms with E-state index in [1.165, 1.54) is 10.4 Å². The molecule has 3 aromatic carbocycles. The number of carbonyl (C=O) groups is 2. The van der Waals surface area contributed by atoms with Gasteiger partial charge in [0.25, 0.3) is 0 Å². The van der Waals surface area contributed by atoms with Crippen LogP contribution in [-0.2, 0) is 32.6 Å². The second kappa shape index (κ2) is 15.4. The van der Waals surface area contributed by atoms with Crippen molar-refractivity contribution in [2.75, 3.05) is 17.1 Å². The van der Waals surface area contributed by atoms with E-state index in [9.17, 15) is 18.0 Å². The zero-order chi connectivity index (χ0) is 31.0. The lowest BCUT2D eigenvalue weighted by molar-refractivity contribution is -0.141. The molecule has 0 radical (unpaired) electrons. The number of halogens is 3. The fourth-order valence-electron chi connectivity index (χ4n) is 5.37. The Morgan fingerprint density at radius 1 is 0.977 bits per heavy atom. The Morgan fingerprint density at radius 3 is 2.30 bits per heavy atom. The van der Waals surface area contributed by atoms with Crippen LogP contribution >= 0.6 is 39.1 Å². The van der Waals surface area contributed by atoms with Crippen molar-refractivity contribution < 1.29 is 18.0 Å². The normalized spacial score (nSPS) is 14.3. The molecular formula is C32H36BrCl2N3O4S. The number of anilines is 1. The van der Waals surface area contributed by atoms with Crippen molar-refractivity contribution in [3.63, 3.8) is 0 Å². The Kier molecular flexibility index (Phi) is 11.9. The molecule has 0 saturated heterocycles. The van der Waals surface area contributed by atoms with Gasteiger partial charge in [-0.25, -0.2) is 8.42 Å². The van der Waals surface area contributed by atoms with Crippen LogP contribution in [0, 0.1) is 0 Å². The van der Waals surface area contributed by atoms with E-state index in [1.807, 2.05) is 54.6 Å². The molecule has 2 amide bonds. The second-order valence-electron chi connectivity index (χ2n) is 10.9. The number of nitrogens with one attached hydrogen (secondary N) is 1. The Bertz CT molecular complexity index is 1500. The molecule has 230 valence electrons. The van der Waals surface area contributed by atoms with Gasteiger partial charge in [0, 0.05) is 41.5 Å². The van der Waals surface area contributed by atoms with Gasteiger partial charge in [-0.15, -0.1) is 0 Å². The standard InChI is InChI=1S/C32H36BrCl2N3O4S/c1-43(41,42)38(29-21-26(34)17-18-28(29)35)19-7-12-31(39)37(22-24-13-15-25(33)16-14-24)30(20-23-8-3-2-4-9-23)32(40)36-27-10-5-6-11-27/h2-4,8-9,13-18,21,27,30H,5-7,10-12,19-20,22H2,1H3,(H,36,40). The second-order valence-corrected chi connectivity index (χ2v) is 14.5. The van der Waals surface area contributed by atoms with E-state index in [2.05, 4.69) is 21.2 Å². The molecule has 0 heterocycles. The van der Waals surface area contributed by atoms with Crippen LogP contribution in [0.2, 0.25) is 10.0 Å². The molecule has 43 heavy (non-hydrogen) atoms. The molecule has 1 fully saturated rings. The van der Waals surface area contributed by atoms with Crippen molar-refractivity contribution in [3.05, 3.63) is 98.4 Å². The molecule has 3 aromatic rings. The minimum atomic E-state index is -3.72. The number of rotatable bonds is 13. The van der Waals surface area contributed by atoms with E-state index < -0.39 is 16.1 Å². The minimum Gasteiger partial charge on any atom is -0.352 e. The maximum atomic E-state index is 14.0. The Balaban J connectivity index is 1.59. The molecule has 1 aliphatic carbocycles. The van der Waals surface area contributed by atoms with Crippen LogP contribution in [0.4, 0.5) is 5.69 Å². The average molecular weight is 710 g/mol. The number of sulfonamides is 1. The predicted octanol–water partition coefficient (Wildman–Crippen LogP) is 7.00. The van der Waals surface area contributed by atoms with Crippen molar-refractivity contribution in [2.24, 2.45) is 0 Å². The van der Waals surface area contributed by atoms with Gasteiger partial charge < -0.3 is 10.2 Å². The summed E-state index contributed by atoms with van der Waals surface area (Å²) in [5.74, 6) is -0.416. The number of nitrogens with zero attached hydrogens (tertiary/aromatic N) is 2. The van der Waals surface area contributed by atoms with Gasteiger partial charge >= 0.3 is 0 Å². The Labute approximate surface area is 272 Å². The first kappa shape index (κ1) is 33.3. The summed E-state index contributed by atoms with van der Waals surface area (Å²) in [6.07, 6.45) is 5.70. The number of hydrogen-bond donors (Lipinski definition) is 1. The predicted molar refractivity (Wildman–Crippen MR) is 177 cm³/mol. The third-order valence-corrected chi connectivity index (χ3v) is 9.83. The lowest BCUT2D eigenvalue weighted by Crippen LogP contribution is -2.52. The molecule has 0 spiro atoms. The maximum absolute atomic E-state index is 14.0. The van der Waals surface area contributed by atoms with Gasteiger partial charge in [-0.05, 0) is 60.7 Å². The third-order valence-electron chi connectivity index (χ3n) is 7.57. The summed E-state index contributed by atoms with van der Waals surface area (Å²) in [6, 6.07) is 21.3. The van der Waals surface area contributed by atoms with E-state index in [4.69, 9.17) is 23.2 Å². The highest BCUT2D eigenvalue weighted by Gasteiger charge is 2.32. The molecule has 1 aliphatic rings. The van der Waals surface area contributed by atoms with Crippen molar-refractivity contribution in [1.29, 1.82) is 0 Å². The molecule has 11 heteroatoms. The lowest BCUT2D eigenvalue weighted by Gasteiger charge is -2.33. The number of benzene rings is 3. The van der Waals surface area contributed by atoms with Gasteiger partial charge in [0.15, 0.2) is 0 Å². The highest BCUT2D eigenvalue weighted by molar-refractivity contribution is 9.10. The summed E-state index contributed by atoms with van der Waals surface area (Å²) in [4.78, 5) is 29.5. The highest BCUT2D eigenvalue weighted by Crippen LogP contribution is 2.31. The molecule has 0 aliphatic heterocycles. The van der Waals surface area contributed by atoms with Crippen LogP contribution in [0.3, 0.4) is 0 Å². The molecule has 1 unspecified atom stereocenters. The van der Waals surface area contributed by atoms with E-state index in [-0.39, 0.29) is 54.5 Å². The smallest absolute Gasteiger partial charge is 0.243 e. The molecule has 0 aromatic heterocycles. The molecule has 7 nitrogen and oxygen atoms in total. The third kappa shape index (κ3) is 9.70. The van der Waals surface area contributed by atoms with Crippen molar-refractivity contribution in [3.8, 4) is 0 Å². The average Bonchev–Trinajstić information content (AvgIpc) is 3.48. The van der Waals surface area contributed by atoms with Crippen LogP contribution < -0.4 is 9.62 Å². The molecule has 1 N–H and O–H groups in total. The quantitative estimate of drug-likeness (QED) is 0.207. The van der Waals surface area contributed by atoms with Crippen molar-refractivity contribution in [2.45, 2.75) is 63.6 Å². The first-order valence-electron chi connectivity index (χ1n) is 14.3. The van der Waals surface area contributed by atoms with Gasteiger partial charge in [0.05, 0.1) is 17.0 Å². The van der Waals surface area contributed by atoms with Gasteiger partial charge in [0.2, 0.25) is 21.8 Å². The van der Waals surface area contributed by atoms with Gasteiger partial charge in [-0.1, -0.05) is 94.4 Å².